The average Bonchev–Trinajstić information content (AvgIpc) is 2.62. The molecule has 0 amide bonds. The van der Waals surface area contributed by atoms with E-state index in [2.05, 4.69) is 15.9 Å². The van der Waals surface area contributed by atoms with Crippen molar-refractivity contribution in [3.05, 3.63) is 57.2 Å². The Hall–Kier alpha value is -1.42. The standard InChI is InChI=1S/C13H10BrFO2/c1-7-5-8(2)11(10(15)6-7)12(16)9-3-4-17-13(9)14/h3-6H,1-2H3. The lowest BCUT2D eigenvalue weighted by atomic mass is 9.98. The van der Waals surface area contributed by atoms with Crippen LogP contribution in [0.15, 0.2) is 33.5 Å². The maximum atomic E-state index is 13.8. The number of carbonyl (C=O) groups is 1. The van der Waals surface area contributed by atoms with E-state index in [1.807, 2.05) is 0 Å². The fourth-order valence-electron chi connectivity index (χ4n) is 1.79. The molecule has 0 spiro atoms. The van der Waals surface area contributed by atoms with Crippen molar-refractivity contribution in [2.24, 2.45) is 0 Å². The second-order valence-corrected chi connectivity index (χ2v) is 4.60. The summed E-state index contributed by atoms with van der Waals surface area (Å²) in [5.74, 6) is -0.874. The van der Waals surface area contributed by atoms with Gasteiger partial charge < -0.3 is 4.42 Å². The normalized spacial score (nSPS) is 10.6. The summed E-state index contributed by atoms with van der Waals surface area (Å²) in [5.41, 5.74) is 1.84. The minimum absolute atomic E-state index is 0.0951. The lowest BCUT2D eigenvalue weighted by molar-refractivity contribution is 0.103. The van der Waals surface area contributed by atoms with Gasteiger partial charge in [0.1, 0.15) is 5.82 Å². The second-order valence-electron chi connectivity index (χ2n) is 3.88. The van der Waals surface area contributed by atoms with Crippen LogP contribution >= 0.6 is 15.9 Å². The summed E-state index contributed by atoms with van der Waals surface area (Å²) in [6.45, 7) is 3.51. The molecule has 1 heterocycles. The molecule has 2 nitrogen and oxygen atoms in total. The van der Waals surface area contributed by atoms with E-state index in [1.165, 1.54) is 18.4 Å². The highest BCUT2D eigenvalue weighted by Crippen LogP contribution is 2.24. The van der Waals surface area contributed by atoms with Crippen molar-refractivity contribution in [3.63, 3.8) is 0 Å². The van der Waals surface area contributed by atoms with E-state index in [9.17, 15) is 9.18 Å². The fraction of sp³-hybridized carbons (Fsp3) is 0.154. The fourth-order valence-corrected chi connectivity index (χ4v) is 2.21. The summed E-state index contributed by atoms with van der Waals surface area (Å²) in [7, 11) is 0. The van der Waals surface area contributed by atoms with Gasteiger partial charge in [-0.05, 0) is 53.0 Å². The zero-order valence-electron chi connectivity index (χ0n) is 9.38. The molecule has 0 bridgehead atoms. The van der Waals surface area contributed by atoms with Crippen LogP contribution in [0.3, 0.4) is 0 Å². The minimum atomic E-state index is -0.499. The molecule has 1 aromatic carbocycles. The van der Waals surface area contributed by atoms with Gasteiger partial charge >= 0.3 is 0 Å². The van der Waals surface area contributed by atoms with E-state index in [0.717, 1.165) is 5.56 Å². The van der Waals surface area contributed by atoms with Crippen LogP contribution in [0.25, 0.3) is 0 Å². The first-order valence-corrected chi connectivity index (χ1v) is 5.84. The Bertz CT molecular complexity index is 564. The molecular formula is C13H10BrFO2. The van der Waals surface area contributed by atoms with Gasteiger partial charge in [0.15, 0.2) is 4.67 Å². The van der Waals surface area contributed by atoms with Crippen molar-refractivity contribution in [3.8, 4) is 0 Å². The Morgan fingerprint density at radius 1 is 1.35 bits per heavy atom. The van der Waals surface area contributed by atoms with Gasteiger partial charge in [-0.2, -0.15) is 0 Å². The number of rotatable bonds is 2. The first-order valence-electron chi connectivity index (χ1n) is 5.05. The summed E-state index contributed by atoms with van der Waals surface area (Å²) in [5, 5.41) is 0. The quantitative estimate of drug-likeness (QED) is 0.783. The van der Waals surface area contributed by atoms with Crippen LogP contribution in [0.2, 0.25) is 0 Å². The van der Waals surface area contributed by atoms with Gasteiger partial charge in [-0.15, -0.1) is 0 Å². The van der Waals surface area contributed by atoms with E-state index >= 15 is 0 Å². The Morgan fingerprint density at radius 2 is 2.06 bits per heavy atom. The molecular weight excluding hydrogens is 287 g/mol. The van der Waals surface area contributed by atoms with Crippen molar-refractivity contribution < 1.29 is 13.6 Å². The molecule has 0 unspecified atom stereocenters. The number of aryl methyl sites for hydroxylation is 2. The van der Waals surface area contributed by atoms with Crippen LogP contribution < -0.4 is 0 Å². The van der Waals surface area contributed by atoms with E-state index < -0.39 is 5.82 Å². The van der Waals surface area contributed by atoms with Crippen LogP contribution in [0, 0.1) is 19.7 Å². The van der Waals surface area contributed by atoms with Crippen LogP contribution in [-0.2, 0) is 0 Å². The van der Waals surface area contributed by atoms with E-state index in [1.54, 1.807) is 19.9 Å². The topological polar surface area (TPSA) is 30.2 Å². The molecule has 4 heteroatoms. The van der Waals surface area contributed by atoms with E-state index in [-0.39, 0.29) is 11.3 Å². The average molecular weight is 297 g/mol. The van der Waals surface area contributed by atoms with E-state index in [4.69, 9.17) is 4.42 Å². The largest absolute Gasteiger partial charge is 0.457 e. The monoisotopic (exact) mass is 296 g/mol. The Morgan fingerprint density at radius 3 is 2.59 bits per heavy atom. The summed E-state index contributed by atoms with van der Waals surface area (Å²) in [6.07, 6.45) is 1.39. The molecule has 1 aromatic heterocycles. The molecule has 88 valence electrons. The van der Waals surface area contributed by atoms with E-state index in [0.29, 0.717) is 15.8 Å². The molecule has 0 fully saturated rings. The van der Waals surface area contributed by atoms with Crippen molar-refractivity contribution in [2.75, 3.05) is 0 Å². The highest BCUT2D eigenvalue weighted by molar-refractivity contribution is 9.10. The van der Waals surface area contributed by atoms with Gasteiger partial charge in [-0.1, -0.05) is 6.07 Å². The number of benzene rings is 1. The SMILES string of the molecule is Cc1cc(C)c(C(=O)c2ccoc2Br)c(F)c1. The van der Waals surface area contributed by atoms with Crippen molar-refractivity contribution in [2.45, 2.75) is 13.8 Å². The Labute approximate surface area is 107 Å². The molecule has 0 aliphatic rings. The maximum Gasteiger partial charge on any atom is 0.200 e. The molecule has 0 aliphatic carbocycles. The third-order valence-corrected chi connectivity index (χ3v) is 3.14. The predicted molar refractivity (Wildman–Crippen MR) is 65.7 cm³/mol. The van der Waals surface area contributed by atoms with Crippen molar-refractivity contribution in [1.82, 2.24) is 0 Å². The highest BCUT2D eigenvalue weighted by Gasteiger charge is 2.20. The summed E-state index contributed by atoms with van der Waals surface area (Å²) >= 11 is 3.12. The second kappa shape index (κ2) is 4.45. The smallest absolute Gasteiger partial charge is 0.200 e. The number of halogens is 2. The molecule has 0 radical (unpaired) electrons. The molecule has 0 saturated heterocycles. The summed E-state index contributed by atoms with van der Waals surface area (Å²) in [4.78, 5) is 12.2. The number of hydrogen-bond acceptors (Lipinski definition) is 2. The Balaban J connectivity index is 2.56. The van der Waals surface area contributed by atoms with Gasteiger partial charge in [-0.3, -0.25) is 4.79 Å². The third-order valence-electron chi connectivity index (χ3n) is 2.52. The van der Waals surface area contributed by atoms with Gasteiger partial charge in [0.2, 0.25) is 5.78 Å². The highest BCUT2D eigenvalue weighted by atomic mass is 79.9. The van der Waals surface area contributed by atoms with Gasteiger partial charge in [0.05, 0.1) is 17.4 Å². The number of carbonyl (C=O) groups excluding carboxylic acids is 1. The Kier molecular flexibility index (Phi) is 3.15. The summed E-state index contributed by atoms with van der Waals surface area (Å²) < 4.78 is 19.1. The number of hydrogen-bond donors (Lipinski definition) is 0. The van der Waals surface area contributed by atoms with Crippen molar-refractivity contribution in [1.29, 1.82) is 0 Å². The van der Waals surface area contributed by atoms with Crippen molar-refractivity contribution >= 4 is 21.7 Å². The van der Waals surface area contributed by atoms with Gasteiger partial charge in [0, 0.05) is 0 Å². The minimum Gasteiger partial charge on any atom is -0.457 e. The number of furan rings is 1. The molecule has 0 N–H and O–H groups in total. The molecule has 0 atom stereocenters. The lowest BCUT2D eigenvalue weighted by Crippen LogP contribution is -2.07. The predicted octanol–water partition coefficient (Wildman–Crippen LogP) is 4.03. The zero-order chi connectivity index (χ0) is 12.6. The molecule has 17 heavy (non-hydrogen) atoms. The first kappa shape index (κ1) is 12.0. The zero-order valence-corrected chi connectivity index (χ0v) is 11.0. The first-order chi connectivity index (χ1) is 8.00. The van der Waals surface area contributed by atoms with Crippen LogP contribution in [-0.4, -0.2) is 5.78 Å². The summed E-state index contributed by atoms with van der Waals surface area (Å²) in [6, 6.07) is 4.66. The van der Waals surface area contributed by atoms with Gasteiger partial charge in [-0.25, -0.2) is 4.39 Å². The lowest BCUT2D eigenvalue weighted by Gasteiger charge is -2.06. The maximum absolute atomic E-state index is 13.8. The van der Waals surface area contributed by atoms with Gasteiger partial charge in [0.25, 0.3) is 0 Å². The van der Waals surface area contributed by atoms with Crippen LogP contribution in [0.5, 0.6) is 0 Å². The molecule has 2 aromatic rings. The van der Waals surface area contributed by atoms with Crippen LogP contribution in [0.1, 0.15) is 27.0 Å². The van der Waals surface area contributed by atoms with Crippen LogP contribution in [0.4, 0.5) is 4.39 Å². The molecule has 0 aliphatic heterocycles. The third kappa shape index (κ3) is 2.17. The molecule has 2 rings (SSSR count). The molecule has 0 saturated carbocycles. The number of ketones is 1.